The van der Waals surface area contributed by atoms with E-state index in [1.54, 1.807) is 12.1 Å². The Morgan fingerprint density at radius 1 is 1.11 bits per heavy atom. The number of benzene rings is 2. The van der Waals surface area contributed by atoms with Crippen LogP contribution in [0.5, 0.6) is 5.75 Å². The van der Waals surface area contributed by atoms with E-state index < -0.39 is 5.82 Å². The van der Waals surface area contributed by atoms with Gasteiger partial charge in [0, 0.05) is 28.3 Å². The molecule has 1 heterocycles. The molecule has 2 aromatic carbocycles. The first-order valence-corrected chi connectivity index (χ1v) is 10.4. The Morgan fingerprint density at radius 2 is 1.82 bits per heavy atom. The Hall–Kier alpha value is -1.78. The van der Waals surface area contributed by atoms with Gasteiger partial charge in [-0.2, -0.15) is 0 Å². The Labute approximate surface area is 174 Å². The maximum atomic E-state index is 14.4. The van der Waals surface area contributed by atoms with Gasteiger partial charge in [0.2, 0.25) is 0 Å². The highest BCUT2D eigenvalue weighted by atomic mass is 35.5. The van der Waals surface area contributed by atoms with E-state index >= 15 is 0 Å². The molecule has 1 aliphatic carbocycles. The average Bonchev–Trinajstić information content (AvgIpc) is 3.46. The van der Waals surface area contributed by atoms with Gasteiger partial charge in [0.1, 0.15) is 17.7 Å². The minimum Gasteiger partial charge on any atom is -0.488 e. The number of hydrogen-bond acceptors (Lipinski definition) is 3. The monoisotopic (exact) mass is 421 g/mol. The lowest BCUT2D eigenvalue weighted by atomic mass is 10.0. The first kappa shape index (κ1) is 19.5. The summed E-state index contributed by atoms with van der Waals surface area (Å²) in [6.45, 7) is 2.96. The van der Waals surface area contributed by atoms with Crippen molar-refractivity contribution < 1.29 is 13.9 Å². The summed E-state index contributed by atoms with van der Waals surface area (Å²) >= 11 is 12.3. The van der Waals surface area contributed by atoms with Gasteiger partial charge in [-0.25, -0.2) is 4.39 Å². The summed E-state index contributed by atoms with van der Waals surface area (Å²) in [5.41, 5.74) is 2.06. The quantitative estimate of drug-likeness (QED) is 0.533. The van der Waals surface area contributed by atoms with Crippen molar-refractivity contribution in [2.24, 2.45) is 0 Å². The number of rotatable bonds is 5. The molecule has 2 fully saturated rings. The molecule has 4 rings (SSSR count). The fourth-order valence-electron chi connectivity index (χ4n) is 3.83. The zero-order chi connectivity index (χ0) is 19.8. The van der Waals surface area contributed by atoms with E-state index in [1.165, 1.54) is 13.0 Å². The molecule has 2 aromatic rings. The van der Waals surface area contributed by atoms with Crippen molar-refractivity contribution in [1.82, 2.24) is 0 Å². The number of hydrogen-bond donors (Lipinski definition) is 0. The summed E-state index contributed by atoms with van der Waals surface area (Å²) in [5.74, 6) is 0.162. The molecule has 0 unspecified atom stereocenters. The zero-order valence-electron chi connectivity index (χ0n) is 15.7. The van der Waals surface area contributed by atoms with Crippen LogP contribution in [-0.4, -0.2) is 25.0 Å². The highest BCUT2D eigenvalue weighted by Gasteiger charge is 2.31. The highest BCUT2D eigenvalue weighted by molar-refractivity contribution is 6.35. The van der Waals surface area contributed by atoms with Gasteiger partial charge in [-0.15, -0.1) is 0 Å². The average molecular weight is 422 g/mol. The summed E-state index contributed by atoms with van der Waals surface area (Å²) in [6, 6.07) is 8.58. The second-order valence-corrected chi connectivity index (χ2v) is 8.53. The maximum absolute atomic E-state index is 14.4. The normalized spacial score (nSPS) is 19.6. The topological polar surface area (TPSA) is 29.5 Å². The van der Waals surface area contributed by atoms with Crippen molar-refractivity contribution in [3.05, 3.63) is 57.3 Å². The Morgan fingerprint density at radius 3 is 2.46 bits per heavy atom. The molecule has 0 amide bonds. The van der Waals surface area contributed by atoms with Gasteiger partial charge in [-0.1, -0.05) is 23.2 Å². The molecule has 2 aliphatic rings. The molecule has 1 saturated carbocycles. The van der Waals surface area contributed by atoms with Crippen LogP contribution < -0.4 is 9.64 Å². The van der Waals surface area contributed by atoms with Crippen LogP contribution in [-0.2, 0) is 0 Å². The number of nitrogens with zero attached hydrogens (tertiary/aromatic N) is 1. The van der Waals surface area contributed by atoms with Gasteiger partial charge in [-0.3, -0.25) is 4.79 Å². The van der Waals surface area contributed by atoms with Gasteiger partial charge in [0.05, 0.1) is 12.1 Å². The molecule has 0 N–H and O–H groups in total. The van der Waals surface area contributed by atoms with Crippen LogP contribution in [0.25, 0.3) is 0 Å². The molecule has 0 aromatic heterocycles. The number of halogens is 3. The van der Waals surface area contributed by atoms with E-state index in [-0.39, 0.29) is 17.5 Å². The molecule has 0 radical (unpaired) electrons. The molecule has 28 heavy (non-hydrogen) atoms. The van der Waals surface area contributed by atoms with Crippen molar-refractivity contribution in [2.45, 2.75) is 44.6 Å². The number of Topliss-reactive ketones (excluding diaryl/α,β-unsaturated/α-hetero) is 1. The van der Waals surface area contributed by atoms with Crippen LogP contribution in [0.4, 0.5) is 10.1 Å². The summed E-state index contributed by atoms with van der Waals surface area (Å²) in [5, 5.41) is 1.20. The highest BCUT2D eigenvalue weighted by Crippen LogP contribution is 2.45. The number of carbonyl (C=O) groups is 1. The third-order valence-electron chi connectivity index (χ3n) is 5.38. The minimum absolute atomic E-state index is 0.0633. The number of piperidine rings is 1. The molecule has 1 aliphatic heterocycles. The number of anilines is 1. The van der Waals surface area contributed by atoms with E-state index in [0.29, 0.717) is 28.3 Å². The van der Waals surface area contributed by atoms with E-state index in [9.17, 15) is 9.18 Å². The standard InChI is InChI=1S/C22H22Cl2FNO2/c1-13(27)19-10-20(14-4-5-14)22(11-21(19)25)28-18-3-2-6-26(12-18)17-8-15(23)7-16(24)9-17/h7-11,14,18H,2-6,12H2,1H3/t18-/m1/s1. The smallest absolute Gasteiger partial charge is 0.162 e. The van der Waals surface area contributed by atoms with Crippen LogP contribution >= 0.6 is 23.2 Å². The molecule has 148 valence electrons. The first-order valence-electron chi connectivity index (χ1n) is 9.63. The SMILES string of the molecule is CC(=O)c1cc(C2CC2)c(O[C@@H]2CCCN(c3cc(Cl)cc(Cl)c3)C2)cc1F. The Balaban J connectivity index is 1.55. The summed E-state index contributed by atoms with van der Waals surface area (Å²) in [7, 11) is 0. The van der Waals surface area contributed by atoms with Crippen molar-refractivity contribution >= 4 is 34.7 Å². The molecule has 3 nitrogen and oxygen atoms in total. The molecule has 1 saturated heterocycles. The van der Waals surface area contributed by atoms with Gasteiger partial charge < -0.3 is 9.64 Å². The molecule has 1 atom stereocenters. The molecule has 0 bridgehead atoms. The maximum Gasteiger partial charge on any atom is 0.162 e. The summed E-state index contributed by atoms with van der Waals surface area (Å²) < 4.78 is 20.7. The predicted octanol–water partition coefficient (Wildman–Crippen LogP) is 6.26. The van der Waals surface area contributed by atoms with Crippen LogP contribution in [0.2, 0.25) is 10.0 Å². The second kappa shape index (κ2) is 7.92. The van der Waals surface area contributed by atoms with E-state index in [4.69, 9.17) is 27.9 Å². The van der Waals surface area contributed by atoms with Crippen molar-refractivity contribution in [3.8, 4) is 5.75 Å². The van der Waals surface area contributed by atoms with Gasteiger partial charge >= 0.3 is 0 Å². The van der Waals surface area contributed by atoms with Gasteiger partial charge in [-0.05, 0) is 68.4 Å². The van der Waals surface area contributed by atoms with Crippen molar-refractivity contribution in [2.75, 3.05) is 18.0 Å². The third-order valence-corrected chi connectivity index (χ3v) is 5.82. The lowest BCUT2D eigenvalue weighted by molar-refractivity contribution is 0.101. The third kappa shape index (κ3) is 4.28. The van der Waals surface area contributed by atoms with E-state index in [1.807, 2.05) is 12.1 Å². The van der Waals surface area contributed by atoms with E-state index in [0.717, 1.165) is 43.5 Å². The fraction of sp³-hybridized carbons (Fsp3) is 0.409. The van der Waals surface area contributed by atoms with Gasteiger partial charge in [0.25, 0.3) is 0 Å². The number of ketones is 1. The summed E-state index contributed by atoms with van der Waals surface area (Å²) in [6.07, 6.45) is 3.90. The molecular weight excluding hydrogens is 400 g/mol. The van der Waals surface area contributed by atoms with E-state index in [2.05, 4.69) is 4.90 Å². The fourth-order valence-corrected chi connectivity index (χ4v) is 4.34. The minimum atomic E-state index is -0.513. The van der Waals surface area contributed by atoms with Crippen LogP contribution in [0, 0.1) is 5.82 Å². The molecular formula is C22H22Cl2FNO2. The van der Waals surface area contributed by atoms with Crippen molar-refractivity contribution in [1.29, 1.82) is 0 Å². The lowest BCUT2D eigenvalue weighted by Gasteiger charge is -2.35. The predicted molar refractivity (Wildman–Crippen MR) is 111 cm³/mol. The molecule has 0 spiro atoms. The Kier molecular flexibility index (Phi) is 5.52. The van der Waals surface area contributed by atoms with Gasteiger partial charge in [0.15, 0.2) is 5.78 Å². The Bertz CT molecular complexity index is 893. The second-order valence-electron chi connectivity index (χ2n) is 7.66. The first-order chi connectivity index (χ1) is 13.4. The van der Waals surface area contributed by atoms with Crippen LogP contribution in [0.3, 0.4) is 0 Å². The number of carbonyl (C=O) groups excluding carboxylic acids is 1. The largest absolute Gasteiger partial charge is 0.488 e. The molecule has 6 heteroatoms. The van der Waals surface area contributed by atoms with Crippen molar-refractivity contribution in [3.63, 3.8) is 0 Å². The lowest BCUT2D eigenvalue weighted by Crippen LogP contribution is -2.41. The summed E-state index contributed by atoms with van der Waals surface area (Å²) in [4.78, 5) is 13.9. The van der Waals surface area contributed by atoms with Crippen LogP contribution in [0.1, 0.15) is 54.4 Å². The zero-order valence-corrected chi connectivity index (χ0v) is 17.2. The number of ether oxygens (including phenoxy) is 1. The van der Waals surface area contributed by atoms with Crippen LogP contribution in [0.15, 0.2) is 30.3 Å².